The van der Waals surface area contributed by atoms with Crippen LogP contribution in [0.4, 0.5) is 20.2 Å². The van der Waals surface area contributed by atoms with E-state index in [9.17, 15) is 22.0 Å². The van der Waals surface area contributed by atoms with E-state index in [0.717, 1.165) is 18.9 Å². The van der Waals surface area contributed by atoms with Gasteiger partial charge in [-0.15, -0.1) is 0 Å². The number of nitrogens with two attached hydrogens (primary N) is 1. The van der Waals surface area contributed by atoms with Gasteiger partial charge in [-0.3, -0.25) is 4.79 Å². The van der Waals surface area contributed by atoms with Crippen LogP contribution in [-0.4, -0.2) is 34.0 Å². The predicted molar refractivity (Wildman–Crippen MR) is 104 cm³/mol. The van der Waals surface area contributed by atoms with Crippen molar-refractivity contribution in [2.24, 2.45) is 5.14 Å². The highest BCUT2D eigenvalue weighted by Gasteiger charge is 2.32. The van der Waals surface area contributed by atoms with Crippen LogP contribution in [0.25, 0.3) is 0 Å². The average Bonchev–Trinajstić information content (AvgIpc) is 2.69. The van der Waals surface area contributed by atoms with Crippen LogP contribution in [0.1, 0.15) is 19.3 Å². The molecule has 156 valence electrons. The lowest BCUT2D eigenvalue weighted by Crippen LogP contribution is -2.47. The van der Waals surface area contributed by atoms with Gasteiger partial charge in [-0.05, 0) is 49.6 Å². The molecule has 7 nitrogen and oxygen atoms in total. The molecule has 0 aromatic heterocycles. The number of primary sulfonamides is 1. The van der Waals surface area contributed by atoms with Gasteiger partial charge in [0, 0.05) is 12.2 Å². The zero-order valence-electron chi connectivity index (χ0n) is 15.7. The largest absolute Gasteiger partial charge is 0.491 e. The summed E-state index contributed by atoms with van der Waals surface area (Å²) < 4.78 is 55.8. The molecule has 1 aliphatic heterocycles. The smallest absolute Gasteiger partial charge is 0.247 e. The second-order valence-electron chi connectivity index (χ2n) is 6.68. The van der Waals surface area contributed by atoms with Crippen molar-refractivity contribution in [1.29, 1.82) is 0 Å². The number of hydrogen-bond acceptors (Lipinski definition) is 5. The van der Waals surface area contributed by atoms with Gasteiger partial charge in [-0.1, -0.05) is 6.07 Å². The van der Waals surface area contributed by atoms with E-state index in [4.69, 9.17) is 9.88 Å². The Morgan fingerprint density at radius 3 is 2.69 bits per heavy atom. The minimum atomic E-state index is -3.91. The second kappa shape index (κ2) is 8.34. The standard InChI is InChI=1S/C19H21F2N3O4S/c1-28-18-15(9-8-14(20)17(18)21)24-10-3-2-7-16(24)19(25)23-12-5-4-6-13(11-12)29(22,26)27/h4-6,8-9,11,16H,2-3,7,10H2,1H3,(H,23,25)(H2,22,26,27). The maximum Gasteiger partial charge on any atom is 0.247 e. The second-order valence-corrected chi connectivity index (χ2v) is 8.24. The van der Waals surface area contributed by atoms with Gasteiger partial charge < -0.3 is 15.0 Å². The fourth-order valence-electron chi connectivity index (χ4n) is 3.41. The SMILES string of the molecule is COc1c(N2CCCCC2C(=O)Nc2cccc(S(N)(=O)=O)c2)ccc(F)c1F. The van der Waals surface area contributed by atoms with Gasteiger partial charge in [-0.25, -0.2) is 17.9 Å². The number of nitrogens with zero attached hydrogens (tertiary/aromatic N) is 1. The van der Waals surface area contributed by atoms with Crippen molar-refractivity contribution in [1.82, 2.24) is 0 Å². The number of carbonyl (C=O) groups is 1. The number of hydrogen-bond donors (Lipinski definition) is 2. The molecule has 0 bridgehead atoms. The first-order chi connectivity index (χ1) is 13.7. The molecule has 1 fully saturated rings. The number of carbonyl (C=O) groups excluding carboxylic acids is 1. The number of nitrogens with one attached hydrogen (secondary N) is 1. The van der Waals surface area contributed by atoms with Crippen molar-refractivity contribution in [2.45, 2.75) is 30.2 Å². The Morgan fingerprint density at radius 2 is 2.00 bits per heavy atom. The molecule has 1 saturated heterocycles. The number of piperidine rings is 1. The first kappa shape index (κ1) is 21.0. The monoisotopic (exact) mass is 425 g/mol. The van der Waals surface area contributed by atoms with E-state index < -0.39 is 33.6 Å². The fourth-order valence-corrected chi connectivity index (χ4v) is 3.97. The quantitative estimate of drug-likeness (QED) is 0.767. The van der Waals surface area contributed by atoms with Crippen molar-refractivity contribution in [3.8, 4) is 5.75 Å². The lowest BCUT2D eigenvalue weighted by molar-refractivity contribution is -0.117. The highest BCUT2D eigenvalue weighted by Crippen LogP contribution is 2.36. The van der Waals surface area contributed by atoms with E-state index in [1.54, 1.807) is 4.90 Å². The van der Waals surface area contributed by atoms with Gasteiger partial charge in [0.1, 0.15) is 6.04 Å². The van der Waals surface area contributed by atoms with Crippen molar-refractivity contribution < 1.29 is 26.7 Å². The Kier molecular flexibility index (Phi) is 6.04. The highest BCUT2D eigenvalue weighted by molar-refractivity contribution is 7.89. The van der Waals surface area contributed by atoms with Crippen LogP contribution in [-0.2, 0) is 14.8 Å². The summed E-state index contributed by atoms with van der Waals surface area (Å²) in [6.07, 6.45) is 2.04. The molecule has 3 N–H and O–H groups in total. The molecule has 3 rings (SSSR count). The number of ether oxygens (including phenoxy) is 1. The summed E-state index contributed by atoms with van der Waals surface area (Å²) in [5.74, 6) is -2.82. The van der Waals surface area contributed by atoms with Crippen LogP contribution in [0, 0.1) is 11.6 Å². The maximum absolute atomic E-state index is 14.2. The molecule has 0 saturated carbocycles. The molecule has 1 unspecified atom stereocenters. The number of anilines is 2. The minimum Gasteiger partial charge on any atom is -0.491 e. The Bertz CT molecular complexity index is 1030. The number of sulfonamides is 1. The molecule has 0 aliphatic carbocycles. The van der Waals surface area contributed by atoms with Crippen LogP contribution in [0.3, 0.4) is 0 Å². The summed E-state index contributed by atoms with van der Waals surface area (Å²) in [6.45, 7) is 0.455. The number of benzene rings is 2. The molecule has 0 radical (unpaired) electrons. The molecule has 1 aliphatic rings. The number of rotatable bonds is 5. The molecular formula is C19H21F2N3O4S. The molecule has 1 atom stereocenters. The summed E-state index contributed by atoms with van der Waals surface area (Å²) in [5, 5.41) is 7.80. The van der Waals surface area contributed by atoms with E-state index >= 15 is 0 Å². The van der Waals surface area contributed by atoms with E-state index in [0.29, 0.717) is 13.0 Å². The molecule has 0 spiro atoms. The minimum absolute atomic E-state index is 0.127. The van der Waals surface area contributed by atoms with Gasteiger partial charge in [0.05, 0.1) is 17.7 Å². The number of methoxy groups -OCH3 is 1. The zero-order valence-corrected chi connectivity index (χ0v) is 16.5. The zero-order chi connectivity index (χ0) is 21.2. The Hall–Kier alpha value is -2.72. The van der Waals surface area contributed by atoms with Crippen LogP contribution >= 0.6 is 0 Å². The fraction of sp³-hybridized carbons (Fsp3) is 0.316. The molecule has 1 amide bonds. The van der Waals surface area contributed by atoms with Gasteiger partial charge in [0.25, 0.3) is 0 Å². The normalized spacial score (nSPS) is 17.1. The first-order valence-electron chi connectivity index (χ1n) is 8.94. The molecule has 2 aromatic carbocycles. The third-order valence-electron chi connectivity index (χ3n) is 4.78. The molecule has 10 heteroatoms. The predicted octanol–water partition coefficient (Wildman–Crippen LogP) is 2.62. The summed E-state index contributed by atoms with van der Waals surface area (Å²) in [5.41, 5.74) is 0.550. The number of halogens is 2. The first-order valence-corrected chi connectivity index (χ1v) is 10.5. The third-order valence-corrected chi connectivity index (χ3v) is 5.69. The molecular weight excluding hydrogens is 404 g/mol. The van der Waals surface area contributed by atoms with E-state index in [1.165, 1.54) is 37.4 Å². The maximum atomic E-state index is 14.2. The van der Waals surface area contributed by atoms with Crippen LogP contribution in [0.2, 0.25) is 0 Å². The lowest BCUT2D eigenvalue weighted by Gasteiger charge is -2.37. The molecule has 1 heterocycles. The van der Waals surface area contributed by atoms with Gasteiger partial charge in [0.15, 0.2) is 11.6 Å². The Morgan fingerprint density at radius 1 is 1.24 bits per heavy atom. The van der Waals surface area contributed by atoms with Gasteiger partial charge in [-0.2, -0.15) is 4.39 Å². The van der Waals surface area contributed by atoms with E-state index in [1.807, 2.05) is 0 Å². The Balaban J connectivity index is 1.89. The summed E-state index contributed by atoms with van der Waals surface area (Å²) in [7, 11) is -2.68. The average molecular weight is 425 g/mol. The topological polar surface area (TPSA) is 102 Å². The summed E-state index contributed by atoms with van der Waals surface area (Å²) in [6, 6.07) is 7.30. The van der Waals surface area contributed by atoms with Crippen molar-refractivity contribution >= 4 is 27.3 Å². The molecule has 2 aromatic rings. The van der Waals surface area contributed by atoms with E-state index in [2.05, 4.69) is 5.32 Å². The van der Waals surface area contributed by atoms with Crippen molar-refractivity contribution in [3.05, 3.63) is 48.0 Å². The summed E-state index contributed by atoms with van der Waals surface area (Å²) in [4.78, 5) is 14.5. The van der Waals surface area contributed by atoms with E-state index in [-0.39, 0.29) is 22.0 Å². The van der Waals surface area contributed by atoms with Crippen molar-refractivity contribution in [3.63, 3.8) is 0 Å². The lowest BCUT2D eigenvalue weighted by atomic mass is 10.00. The highest BCUT2D eigenvalue weighted by atomic mass is 32.2. The number of amides is 1. The van der Waals surface area contributed by atoms with Crippen LogP contribution < -0.4 is 20.1 Å². The van der Waals surface area contributed by atoms with Gasteiger partial charge in [0.2, 0.25) is 21.7 Å². The van der Waals surface area contributed by atoms with Crippen LogP contribution in [0.5, 0.6) is 5.75 Å². The Labute approximate surface area is 167 Å². The van der Waals surface area contributed by atoms with Crippen LogP contribution in [0.15, 0.2) is 41.3 Å². The third kappa shape index (κ3) is 4.48. The summed E-state index contributed by atoms with van der Waals surface area (Å²) >= 11 is 0. The van der Waals surface area contributed by atoms with Crippen molar-refractivity contribution in [2.75, 3.05) is 23.9 Å². The molecule has 29 heavy (non-hydrogen) atoms. The van der Waals surface area contributed by atoms with Gasteiger partial charge >= 0.3 is 0 Å².